The van der Waals surface area contributed by atoms with Crippen molar-refractivity contribution in [2.24, 2.45) is 11.8 Å². The summed E-state index contributed by atoms with van der Waals surface area (Å²) in [5.41, 5.74) is 3.41. The zero-order chi connectivity index (χ0) is 17.8. The van der Waals surface area contributed by atoms with Crippen LogP contribution in [-0.2, 0) is 9.53 Å². The number of aromatic nitrogens is 1. The van der Waals surface area contributed by atoms with E-state index in [-0.39, 0.29) is 23.7 Å². The van der Waals surface area contributed by atoms with Crippen LogP contribution in [0.1, 0.15) is 43.5 Å². The fourth-order valence-electron chi connectivity index (χ4n) is 3.07. The monoisotopic (exact) mass is 360 g/mol. The summed E-state index contributed by atoms with van der Waals surface area (Å²) in [6.45, 7) is 5.70. The number of hydrogen-bond acceptors (Lipinski definition) is 5. The Hall–Kier alpha value is -1.95. The molecule has 0 N–H and O–H groups in total. The summed E-state index contributed by atoms with van der Waals surface area (Å²) < 4.78 is 6.12. The van der Waals surface area contributed by atoms with Crippen LogP contribution >= 0.6 is 11.3 Å². The van der Waals surface area contributed by atoms with Gasteiger partial charge in [-0.1, -0.05) is 13.3 Å². The van der Waals surface area contributed by atoms with Gasteiger partial charge in [0, 0.05) is 18.7 Å². The average molecular weight is 360 g/mol. The van der Waals surface area contributed by atoms with Crippen LogP contribution in [-0.4, -0.2) is 41.5 Å². The van der Waals surface area contributed by atoms with E-state index in [0.717, 1.165) is 36.0 Å². The number of ether oxygens (including phenoxy) is 1. The molecular weight excluding hydrogens is 336 g/mol. The van der Waals surface area contributed by atoms with Gasteiger partial charge in [0.15, 0.2) is 0 Å². The van der Waals surface area contributed by atoms with Crippen LogP contribution in [0.3, 0.4) is 0 Å². The van der Waals surface area contributed by atoms with Gasteiger partial charge in [0.25, 0.3) is 5.91 Å². The van der Waals surface area contributed by atoms with Gasteiger partial charge in [-0.15, -0.1) is 11.3 Å². The van der Waals surface area contributed by atoms with E-state index in [0.29, 0.717) is 18.7 Å². The molecular formula is C19H24N2O3S. The SMILES string of the molecule is CCCCN(C[C@H]1C[C@@H]1C(=O)OCC)C(=O)c1ccc2ncsc2c1. The molecule has 0 aliphatic heterocycles. The second-order valence-electron chi connectivity index (χ2n) is 6.49. The number of esters is 1. The van der Waals surface area contributed by atoms with Crippen molar-refractivity contribution in [3.05, 3.63) is 29.3 Å². The molecule has 5 nitrogen and oxygen atoms in total. The van der Waals surface area contributed by atoms with Crippen molar-refractivity contribution in [1.82, 2.24) is 9.88 Å². The molecule has 0 spiro atoms. The van der Waals surface area contributed by atoms with Gasteiger partial charge in [0.05, 0.1) is 28.3 Å². The first-order valence-electron chi connectivity index (χ1n) is 8.93. The molecule has 1 heterocycles. The van der Waals surface area contributed by atoms with Crippen LogP contribution < -0.4 is 0 Å². The molecule has 1 aliphatic rings. The number of thiazole rings is 1. The van der Waals surface area contributed by atoms with Crippen molar-refractivity contribution in [2.45, 2.75) is 33.1 Å². The number of fused-ring (bicyclic) bond motifs is 1. The number of nitrogens with zero attached hydrogens (tertiary/aromatic N) is 2. The number of amides is 1. The minimum absolute atomic E-state index is 0.0401. The number of rotatable bonds is 8. The normalized spacial score (nSPS) is 19.0. The van der Waals surface area contributed by atoms with E-state index in [1.807, 2.05) is 30.0 Å². The lowest BCUT2D eigenvalue weighted by atomic mass is 10.1. The lowest BCUT2D eigenvalue weighted by Gasteiger charge is -2.23. The summed E-state index contributed by atoms with van der Waals surface area (Å²) in [7, 11) is 0. The second kappa shape index (κ2) is 7.95. The van der Waals surface area contributed by atoms with Gasteiger partial charge in [-0.25, -0.2) is 4.98 Å². The molecule has 1 aromatic carbocycles. The van der Waals surface area contributed by atoms with Crippen molar-refractivity contribution >= 4 is 33.4 Å². The minimum atomic E-state index is -0.124. The molecule has 1 aromatic heterocycles. The zero-order valence-electron chi connectivity index (χ0n) is 14.7. The average Bonchev–Trinajstić information content (AvgIpc) is 3.23. The van der Waals surface area contributed by atoms with Gasteiger partial charge in [-0.2, -0.15) is 0 Å². The lowest BCUT2D eigenvalue weighted by Crippen LogP contribution is -2.34. The molecule has 6 heteroatoms. The Balaban J connectivity index is 1.69. The van der Waals surface area contributed by atoms with Crippen LogP contribution in [0.5, 0.6) is 0 Å². The highest BCUT2D eigenvalue weighted by atomic mass is 32.1. The molecule has 0 bridgehead atoms. The fraction of sp³-hybridized carbons (Fsp3) is 0.526. The van der Waals surface area contributed by atoms with E-state index in [2.05, 4.69) is 11.9 Å². The zero-order valence-corrected chi connectivity index (χ0v) is 15.6. The maximum atomic E-state index is 13.0. The topological polar surface area (TPSA) is 59.5 Å². The van der Waals surface area contributed by atoms with Crippen molar-refractivity contribution in [1.29, 1.82) is 0 Å². The van der Waals surface area contributed by atoms with E-state index >= 15 is 0 Å². The predicted octanol–water partition coefficient (Wildman–Crippen LogP) is 3.74. The second-order valence-corrected chi connectivity index (χ2v) is 7.38. The van der Waals surface area contributed by atoms with Gasteiger partial charge in [-0.05, 0) is 43.9 Å². The van der Waals surface area contributed by atoms with Crippen LogP contribution in [0, 0.1) is 11.8 Å². The quantitative estimate of drug-likeness (QED) is 0.673. The summed E-state index contributed by atoms with van der Waals surface area (Å²) in [4.78, 5) is 31.0. The Labute approximate surface area is 152 Å². The number of carbonyl (C=O) groups is 2. The number of carbonyl (C=O) groups excluding carboxylic acids is 2. The van der Waals surface area contributed by atoms with E-state index < -0.39 is 0 Å². The minimum Gasteiger partial charge on any atom is -0.466 e. The first-order valence-corrected chi connectivity index (χ1v) is 9.81. The molecule has 25 heavy (non-hydrogen) atoms. The summed E-state index contributed by atoms with van der Waals surface area (Å²) in [6, 6.07) is 5.67. The fourth-order valence-corrected chi connectivity index (χ4v) is 3.78. The van der Waals surface area contributed by atoms with Crippen LogP contribution in [0.25, 0.3) is 10.2 Å². The number of unbranched alkanes of at least 4 members (excludes halogenated alkanes) is 1. The molecule has 0 saturated heterocycles. The van der Waals surface area contributed by atoms with E-state index in [1.54, 1.807) is 16.8 Å². The smallest absolute Gasteiger partial charge is 0.309 e. The Morgan fingerprint density at radius 3 is 2.96 bits per heavy atom. The van der Waals surface area contributed by atoms with E-state index in [4.69, 9.17) is 4.74 Å². The molecule has 2 aromatic rings. The van der Waals surface area contributed by atoms with Gasteiger partial charge >= 0.3 is 5.97 Å². The molecule has 0 radical (unpaired) electrons. The van der Waals surface area contributed by atoms with Crippen LogP contribution in [0.2, 0.25) is 0 Å². The van der Waals surface area contributed by atoms with E-state index in [9.17, 15) is 9.59 Å². The lowest BCUT2D eigenvalue weighted by molar-refractivity contribution is -0.145. The number of hydrogen-bond donors (Lipinski definition) is 0. The van der Waals surface area contributed by atoms with Crippen LogP contribution in [0.4, 0.5) is 0 Å². The third-order valence-corrected chi connectivity index (χ3v) is 5.41. The Bertz CT molecular complexity index is 758. The van der Waals surface area contributed by atoms with Gasteiger partial charge < -0.3 is 9.64 Å². The summed E-state index contributed by atoms with van der Waals surface area (Å²) in [5, 5.41) is 0. The molecule has 1 amide bonds. The first-order chi connectivity index (χ1) is 12.1. The van der Waals surface area contributed by atoms with Crippen molar-refractivity contribution < 1.29 is 14.3 Å². The maximum Gasteiger partial charge on any atom is 0.309 e. The highest BCUT2D eigenvalue weighted by molar-refractivity contribution is 7.16. The molecule has 1 fully saturated rings. The highest BCUT2D eigenvalue weighted by Gasteiger charge is 2.45. The van der Waals surface area contributed by atoms with Crippen molar-refractivity contribution in [3.63, 3.8) is 0 Å². The standard InChI is InChI=1S/C19H24N2O3S/c1-3-5-8-21(11-14-9-15(14)19(23)24-4-2)18(22)13-6-7-16-17(10-13)25-12-20-16/h6-7,10,12,14-15H,3-5,8-9,11H2,1-2H3/t14-,15+/m1/s1. The highest BCUT2D eigenvalue weighted by Crippen LogP contribution is 2.40. The maximum absolute atomic E-state index is 13.0. The van der Waals surface area contributed by atoms with Gasteiger partial charge in [0.1, 0.15) is 0 Å². The summed E-state index contributed by atoms with van der Waals surface area (Å²) in [6.07, 6.45) is 2.82. The van der Waals surface area contributed by atoms with Gasteiger partial charge in [0.2, 0.25) is 0 Å². The Kier molecular flexibility index (Phi) is 5.68. The first kappa shape index (κ1) is 17.9. The predicted molar refractivity (Wildman–Crippen MR) is 98.7 cm³/mol. The summed E-state index contributed by atoms with van der Waals surface area (Å²) in [5.74, 6) is 0.104. The van der Waals surface area contributed by atoms with Gasteiger partial charge in [-0.3, -0.25) is 9.59 Å². The molecule has 2 atom stereocenters. The molecule has 0 unspecified atom stereocenters. The molecule has 134 valence electrons. The van der Waals surface area contributed by atoms with Crippen LogP contribution in [0.15, 0.2) is 23.7 Å². The third-order valence-electron chi connectivity index (χ3n) is 4.61. The van der Waals surface area contributed by atoms with Crippen molar-refractivity contribution in [3.8, 4) is 0 Å². The largest absolute Gasteiger partial charge is 0.466 e. The third kappa shape index (κ3) is 4.18. The number of benzene rings is 1. The Morgan fingerprint density at radius 1 is 1.36 bits per heavy atom. The molecule has 1 saturated carbocycles. The molecule has 3 rings (SSSR count). The summed E-state index contributed by atoms with van der Waals surface area (Å²) >= 11 is 1.54. The Morgan fingerprint density at radius 2 is 2.20 bits per heavy atom. The van der Waals surface area contributed by atoms with E-state index in [1.165, 1.54) is 0 Å². The molecule has 1 aliphatic carbocycles. The van der Waals surface area contributed by atoms with Crippen molar-refractivity contribution in [2.75, 3.05) is 19.7 Å².